The number of fused-ring (bicyclic) bond motifs is 1. The van der Waals surface area contributed by atoms with E-state index in [-0.39, 0.29) is 29.4 Å². The fraction of sp³-hybridized carbons (Fsp3) is 0.781. The predicted octanol–water partition coefficient (Wildman–Crippen LogP) is 6.01. The van der Waals surface area contributed by atoms with Gasteiger partial charge in [-0.05, 0) is 43.6 Å². The lowest BCUT2D eigenvalue weighted by molar-refractivity contribution is -0.124. The zero-order valence-corrected chi connectivity index (χ0v) is 27.2. The quantitative estimate of drug-likeness (QED) is 0.0560. The van der Waals surface area contributed by atoms with Crippen LogP contribution in [0.4, 0.5) is 4.79 Å². The molecule has 2 saturated heterocycles. The van der Waals surface area contributed by atoms with Crippen molar-refractivity contribution in [1.29, 1.82) is 0 Å². The molecule has 43 heavy (non-hydrogen) atoms. The van der Waals surface area contributed by atoms with Crippen LogP contribution in [-0.2, 0) is 27.4 Å². The second-order valence-electron chi connectivity index (χ2n) is 12.5. The first-order valence-electron chi connectivity index (χ1n) is 16.5. The van der Waals surface area contributed by atoms with Crippen molar-refractivity contribution in [2.75, 3.05) is 5.75 Å². The molecule has 0 aromatic carbocycles. The lowest BCUT2D eigenvalue weighted by Crippen LogP contribution is -2.36. The van der Waals surface area contributed by atoms with Crippen molar-refractivity contribution in [2.24, 2.45) is 5.41 Å². The van der Waals surface area contributed by atoms with E-state index in [1.54, 1.807) is 6.26 Å². The molecule has 1 aromatic rings. The molecule has 10 nitrogen and oxygen atoms in total. The van der Waals surface area contributed by atoms with Crippen molar-refractivity contribution in [3.05, 3.63) is 24.2 Å². The summed E-state index contributed by atoms with van der Waals surface area (Å²) in [5, 5.41) is 17.8. The standard InChI is InChI=1S/C32H54N6O4S/c1-3-4-17-32(2,19-21-42-25-39)18-13-9-7-5-6-8-10-14-20-38-23-26(36-37-38)22-33-29(40)16-12-11-15-28-30-27(24-43-28)34-31(41)35-30/h19,21,23,25,27-28,30H,3-18,20,22,24H2,1-2H3,(H,33,40)(H2,34,35,41). The number of aryl methyl sites for hydroxylation is 1. The summed E-state index contributed by atoms with van der Waals surface area (Å²) in [5.41, 5.74) is 0.907. The fourth-order valence-corrected chi connectivity index (χ4v) is 7.60. The molecule has 4 atom stereocenters. The molecular formula is C32H54N6O4S. The molecule has 11 heteroatoms. The number of aromatic nitrogens is 3. The molecule has 0 bridgehead atoms. The number of thioether (sulfide) groups is 1. The smallest absolute Gasteiger partial charge is 0.315 e. The Morgan fingerprint density at radius 3 is 2.60 bits per heavy atom. The Morgan fingerprint density at radius 2 is 1.84 bits per heavy atom. The van der Waals surface area contributed by atoms with Gasteiger partial charge in [0.05, 0.1) is 31.1 Å². The first-order chi connectivity index (χ1) is 20.9. The van der Waals surface area contributed by atoms with Crippen LogP contribution in [0.15, 0.2) is 18.5 Å². The van der Waals surface area contributed by atoms with Gasteiger partial charge in [-0.25, -0.2) is 4.79 Å². The van der Waals surface area contributed by atoms with E-state index in [0.717, 1.165) is 56.5 Å². The van der Waals surface area contributed by atoms with Crippen molar-refractivity contribution in [3.8, 4) is 0 Å². The van der Waals surface area contributed by atoms with E-state index in [2.05, 4.69) is 46.2 Å². The molecule has 4 unspecified atom stereocenters. The highest BCUT2D eigenvalue weighted by atomic mass is 32.2. The Balaban J connectivity index is 1.15. The number of nitrogens with zero attached hydrogens (tertiary/aromatic N) is 3. The molecular weight excluding hydrogens is 564 g/mol. The van der Waals surface area contributed by atoms with Crippen LogP contribution < -0.4 is 16.0 Å². The number of allylic oxidation sites excluding steroid dienone is 1. The molecule has 0 saturated carbocycles. The highest BCUT2D eigenvalue weighted by Crippen LogP contribution is 2.34. The average Bonchev–Trinajstić information content (AvgIpc) is 3.70. The van der Waals surface area contributed by atoms with Crippen molar-refractivity contribution >= 4 is 30.2 Å². The minimum Gasteiger partial charge on any atom is -0.437 e. The van der Waals surface area contributed by atoms with E-state index in [4.69, 9.17) is 4.74 Å². The van der Waals surface area contributed by atoms with Crippen LogP contribution in [0.25, 0.3) is 0 Å². The Hall–Kier alpha value is -2.56. The monoisotopic (exact) mass is 618 g/mol. The molecule has 3 heterocycles. The molecule has 0 aliphatic carbocycles. The number of amides is 3. The van der Waals surface area contributed by atoms with Crippen LogP contribution >= 0.6 is 11.8 Å². The van der Waals surface area contributed by atoms with Gasteiger partial charge in [-0.3, -0.25) is 14.3 Å². The zero-order valence-electron chi connectivity index (χ0n) is 26.4. The first kappa shape index (κ1) is 34.9. The first-order valence-corrected chi connectivity index (χ1v) is 17.6. The summed E-state index contributed by atoms with van der Waals surface area (Å²) in [4.78, 5) is 34.2. The van der Waals surface area contributed by atoms with E-state index in [1.807, 2.05) is 22.6 Å². The largest absolute Gasteiger partial charge is 0.437 e. The van der Waals surface area contributed by atoms with E-state index in [0.29, 0.717) is 24.7 Å². The normalized spacial score (nSPS) is 20.9. The third-order valence-corrected chi connectivity index (χ3v) is 10.2. The predicted molar refractivity (Wildman–Crippen MR) is 171 cm³/mol. The maximum Gasteiger partial charge on any atom is 0.315 e. The van der Waals surface area contributed by atoms with Crippen LogP contribution in [0.2, 0.25) is 0 Å². The summed E-state index contributed by atoms with van der Waals surface area (Å²) in [6.07, 6.45) is 23.3. The number of urea groups is 1. The van der Waals surface area contributed by atoms with Crippen LogP contribution in [0.3, 0.4) is 0 Å². The third kappa shape index (κ3) is 13.3. The Morgan fingerprint density at radius 1 is 1.09 bits per heavy atom. The van der Waals surface area contributed by atoms with E-state index in [1.165, 1.54) is 57.8 Å². The summed E-state index contributed by atoms with van der Waals surface area (Å²) in [5.74, 6) is 1.02. The second-order valence-corrected chi connectivity index (χ2v) is 13.8. The summed E-state index contributed by atoms with van der Waals surface area (Å²) < 4.78 is 6.68. The van der Waals surface area contributed by atoms with Crippen molar-refractivity contribution in [3.63, 3.8) is 0 Å². The number of unbranched alkanes of at least 4 members (excludes halogenated alkanes) is 9. The number of rotatable bonds is 24. The molecule has 3 amide bonds. The van der Waals surface area contributed by atoms with E-state index in [9.17, 15) is 14.4 Å². The Labute approximate surface area is 262 Å². The minimum absolute atomic E-state index is 0.0499. The number of hydrogen-bond acceptors (Lipinski definition) is 7. The van der Waals surface area contributed by atoms with E-state index < -0.39 is 0 Å². The van der Waals surface area contributed by atoms with Gasteiger partial charge < -0.3 is 20.7 Å². The van der Waals surface area contributed by atoms with Crippen LogP contribution in [0, 0.1) is 5.41 Å². The van der Waals surface area contributed by atoms with Gasteiger partial charge in [0.25, 0.3) is 6.47 Å². The van der Waals surface area contributed by atoms with Crippen molar-refractivity contribution in [1.82, 2.24) is 30.9 Å². The van der Waals surface area contributed by atoms with Gasteiger partial charge in [0.1, 0.15) is 5.69 Å². The highest BCUT2D eigenvalue weighted by Gasteiger charge is 2.42. The van der Waals surface area contributed by atoms with Gasteiger partial charge in [0.2, 0.25) is 5.91 Å². The van der Waals surface area contributed by atoms with Crippen LogP contribution in [0.5, 0.6) is 0 Å². The average molecular weight is 619 g/mol. The number of nitrogens with one attached hydrogen (secondary N) is 3. The SMILES string of the molecule is CCCCC(C)(C=COC=O)CCCCCCCCCCn1cc(CNC(=O)CCCCC2SCC3NC(=O)NC32)nn1. The van der Waals surface area contributed by atoms with Gasteiger partial charge >= 0.3 is 6.03 Å². The summed E-state index contributed by atoms with van der Waals surface area (Å²) in [6, 6.07) is 0.433. The fourth-order valence-electron chi connectivity index (χ4n) is 6.05. The molecule has 242 valence electrons. The third-order valence-electron chi connectivity index (χ3n) is 8.72. The van der Waals surface area contributed by atoms with Gasteiger partial charge in [-0.2, -0.15) is 11.8 Å². The molecule has 2 aliphatic heterocycles. The topological polar surface area (TPSA) is 127 Å². The summed E-state index contributed by atoms with van der Waals surface area (Å²) >= 11 is 1.92. The number of carbonyl (C=O) groups excluding carboxylic acids is 3. The Bertz CT molecular complexity index is 1000. The van der Waals surface area contributed by atoms with Gasteiger partial charge in [-0.15, -0.1) is 5.10 Å². The van der Waals surface area contributed by atoms with Gasteiger partial charge in [-0.1, -0.05) is 83.3 Å². The van der Waals surface area contributed by atoms with Crippen molar-refractivity contribution < 1.29 is 19.1 Å². The van der Waals surface area contributed by atoms with Gasteiger partial charge in [0.15, 0.2) is 0 Å². The molecule has 1 aromatic heterocycles. The van der Waals surface area contributed by atoms with Crippen LogP contribution in [-0.4, -0.2) is 56.5 Å². The molecule has 2 fully saturated rings. The number of hydrogen-bond donors (Lipinski definition) is 3. The van der Waals surface area contributed by atoms with Gasteiger partial charge in [0, 0.05) is 24.0 Å². The number of ether oxygens (including phenoxy) is 1. The highest BCUT2D eigenvalue weighted by molar-refractivity contribution is 8.00. The zero-order chi connectivity index (χ0) is 30.8. The van der Waals surface area contributed by atoms with E-state index >= 15 is 0 Å². The second kappa shape index (κ2) is 19.7. The summed E-state index contributed by atoms with van der Waals surface area (Å²) in [7, 11) is 0. The summed E-state index contributed by atoms with van der Waals surface area (Å²) in [6.45, 7) is 6.24. The molecule has 0 spiro atoms. The molecule has 3 rings (SSSR count). The van der Waals surface area contributed by atoms with Crippen LogP contribution in [0.1, 0.15) is 122 Å². The molecule has 2 aliphatic rings. The maximum absolute atomic E-state index is 12.3. The number of carbonyl (C=O) groups is 3. The lowest BCUT2D eigenvalue weighted by Gasteiger charge is -2.25. The van der Waals surface area contributed by atoms with Crippen molar-refractivity contribution in [2.45, 2.75) is 147 Å². The maximum atomic E-state index is 12.3. The minimum atomic E-state index is -0.0505. The Kier molecular flexibility index (Phi) is 16.0. The lowest BCUT2D eigenvalue weighted by atomic mass is 9.80. The molecule has 0 radical (unpaired) electrons. The molecule has 3 N–H and O–H groups in total.